The summed E-state index contributed by atoms with van der Waals surface area (Å²) in [6.07, 6.45) is 0. The molecule has 4 nitrogen and oxygen atoms in total. The fourth-order valence-corrected chi connectivity index (χ4v) is 4.10. The number of fused-ring (bicyclic) bond motifs is 1. The van der Waals surface area contributed by atoms with Crippen LogP contribution in [-0.4, -0.2) is 25.8 Å². The predicted molar refractivity (Wildman–Crippen MR) is 113 cm³/mol. The first-order chi connectivity index (χ1) is 12.8. The van der Waals surface area contributed by atoms with Crippen LogP contribution in [0.3, 0.4) is 0 Å². The van der Waals surface area contributed by atoms with Crippen LogP contribution in [-0.2, 0) is 5.41 Å². The molecule has 0 amide bonds. The van der Waals surface area contributed by atoms with E-state index in [2.05, 4.69) is 62.2 Å². The Morgan fingerprint density at radius 3 is 2.19 bits per heavy atom. The molecule has 0 saturated carbocycles. The molecule has 0 saturated heterocycles. The van der Waals surface area contributed by atoms with Gasteiger partial charge in [-0.2, -0.15) is 9.78 Å². The molecule has 27 heavy (non-hydrogen) atoms. The molecule has 138 valence electrons. The predicted octanol–water partition coefficient (Wildman–Crippen LogP) is 5.64. The molecule has 0 bridgehead atoms. The van der Waals surface area contributed by atoms with Crippen molar-refractivity contribution in [3.05, 3.63) is 64.7 Å². The highest BCUT2D eigenvalue weighted by Crippen LogP contribution is 2.33. The van der Waals surface area contributed by atoms with Gasteiger partial charge in [0.2, 0.25) is 5.16 Å². The smallest absolute Gasteiger partial charge is 0.187 e. The van der Waals surface area contributed by atoms with Crippen molar-refractivity contribution in [3.8, 4) is 11.4 Å². The second-order valence-electron chi connectivity index (χ2n) is 7.70. The maximum absolute atomic E-state index is 6.03. The minimum absolute atomic E-state index is 0.119. The monoisotopic (exact) mass is 396 g/mol. The first-order valence-corrected chi connectivity index (χ1v) is 10.2. The van der Waals surface area contributed by atoms with Crippen LogP contribution in [0.5, 0.6) is 0 Å². The van der Waals surface area contributed by atoms with E-state index in [0.29, 0.717) is 0 Å². The summed E-state index contributed by atoms with van der Waals surface area (Å²) in [6, 6.07) is 16.3. The number of nitrogens with zero attached hydrogens (tertiary/aromatic N) is 4. The highest BCUT2D eigenvalue weighted by molar-refractivity contribution is 8.00. The molecule has 1 aromatic heterocycles. The molecular formula is C21H21ClN4S. The third-order valence-corrected chi connectivity index (χ3v) is 5.93. The van der Waals surface area contributed by atoms with Gasteiger partial charge in [-0.15, -0.1) is 10.2 Å². The van der Waals surface area contributed by atoms with Crippen LogP contribution in [0.4, 0.5) is 0 Å². The Balaban J connectivity index is 1.75. The minimum Gasteiger partial charge on any atom is -0.187 e. The summed E-state index contributed by atoms with van der Waals surface area (Å²) < 4.78 is 1.85. The molecule has 4 rings (SSSR count). The average molecular weight is 397 g/mol. The van der Waals surface area contributed by atoms with Crippen LogP contribution in [0.2, 0.25) is 5.02 Å². The normalized spacial score (nSPS) is 16.8. The maximum Gasteiger partial charge on any atom is 0.213 e. The van der Waals surface area contributed by atoms with Gasteiger partial charge in [0.05, 0.1) is 11.0 Å². The zero-order valence-electron chi connectivity index (χ0n) is 15.8. The summed E-state index contributed by atoms with van der Waals surface area (Å²) in [5, 5.41) is 15.4. The number of aromatic nitrogens is 3. The van der Waals surface area contributed by atoms with E-state index in [0.717, 1.165) is 32.8 Å². The summed E-state index contributed by atoms with van der Waals surface area (Å²) in [4.78, 5) is 0. The molecule has 0 N–H and O–H groups in total. The molecule has 1 aliphatic heterocycles. The summed E-state index contributed by atoms with van der Waals surface area (Å²) in [6.45, 7) is 8.76. The molecule has 1 aliphatic rings. The van der Waals surface area contributed by atoms with Gasteiger partial charge in [0.15, 0.2) is 5.82 Å². The zero-order valence-corrected chi connectivity index (χ0v) is 17.3. The molecule has 1 unspecified atom stereocenters. The standard InChI is InChI=1S/C21H21ClN4S/c1-13-18(14-7-11-17(22)12-8-14)25-26-19(23-24-20(26)27-13)15-5-9-16(10-6-15)21(2,3)4/h5-13H,1-4H3. The number of halogens is 1. The van der Waals surface area contributed by atoms with E-state index in [1.807, 2.05) is 28.9 Å². The van der Waals surface area contributed by atoms with Gasteiger partial charge in [0.25, 0.3) is 0 Å². The Kier molecular flexibility index (Phi) is 4.60. The second kappa shape index (κ2) is 6.80. The van der Waals surface area contributed by atoms with E-state index in [-0.39, 0.29) is 10.7 Å². The summed E-state index contributed by atoms with van der Waals surface area (Å²) >= 11 is 7.70. The Morgan fingerprint density at radius 2 is 1.56 bits per heavy atom. The topological polar surface area (TPSA) is 43.1 Å². The van der Waals surface area contributed by atoms with E-state index < -0.39 is 0 Å². The van der Waals surface area contributed by atoms with Gasteiger partial charge in [0.1, 0.15) is 0 Å². The Labute approximate surface area is 168 Å². The zero-order chi connectivity index (χ0) is 19.2. The van der Waals surface area contributed by atoms with Crippen molar-refractivity contribution in [1.29, 1.82) is 0 Å². The van der Waals surface area contributed by atoms with Crippen molar-refractivity contribution >= 4 is 29.1 Å². The lowest BCUT2D eigenvalue weighted by Gasteiger charge is -2.20. The van der Waals surface area contributed by atoms with E-state index in [9.17, 15) is 0 Å². The maximum atomic E-state index is 6.03. The molecule has 1 atom stereocenters. The molecule has 2 heterocycles. The van der Waals surface area contributed by atoms with Gasteiger partial charge in [-0.3, -0.25) is 0 Å². The van der Waals surface area contributed by atoms with Crippen LogP contribution in [0.25, 0.3) is 11.4 Å². The highest BCUT2D eigenvalue weighted by Gasteiger charge is 2.26. The van der Waals surface area contributed by atoms with Crippen molar-refractivity contribution < 1.29 is 0 Å². The molecule has 0 fully saturated rings. The Bertz CT molecular complexity index is 998. The number of hydrogen-bond donors (Lipinski definition) is 0. The first-order valence-electron chi connectivity index (χ1n) is 8.91. The van der Waals surface area contributed by atoms with Gasteiger partial charge >= 0.3 is 0 Å². The molecular weight excluding hydrogens is 376 g/mol. The lowest BCUT2D eigenvalue weighted by atomic mass is 9.87. The summed E-state index contributed by atoms with van der Waals surface area (Å²) in [5.74, 6) is 0.760. The van der Waals surface area contributed by atoms with Gasteiger partial charge in [-0.25, -0.2) is 0 Å². The van der Waals surface area contributed by atoms with Crippen molar-refractivity contribution in [2.24, 2.45) is 5.10 Å². The van der Waals surface area contributed by atoms with E-state index in [1.54, 1.807) is 11.8 Å². The fourth-order valence-electron chi connectivity index (χ4n) is 3.04. The SMILES string of the molecule is CC1Sc2nnc(-c3ccc(C(C)(C)C)cc3)n2N=C1c1ccc(Cl)cc1. The molecule has 2 aromatic carbocycles. The highest BCUT2D eigenvalue weighted by atomic mass is 35.5. The third-order valence-electron chi connectivity index (χ3n) is 4.64. The van der Waals surface area contributed by atoms with Gasteiger partial charge in [0, 0.05) is 10.6 Å². The summed E-state index contributed by atoms with van der Waals surface area (Å²) in [7, 11) is 0. The van der Waals surface area contributed by atoms with Crippen LogP contribution < -0.4 is 0 Å². The van der Waals surface area contributed by atoms with Crippen LogP contribution in [0, 0.1) is 0 Å². The van der Waals surface area contributed by atoms with Crippen molar-refractivity contribution in [2.75, 3.05) is 0 Å². The minimum atomic E-state index is 0.119. The number of rotatable bonds is 2. The second-order valence-corrected chi connectivity index (χ2v) is 9.44. The van der Waals surface area contributed by atoms with Gasteiger partial charge in [-0.05, 0) is 35.6 Å². The van der Waals surface area contributed by atoms with E-state index >= 15 is 0 Å². The van der Waals surface area contributed by atoms with Gasteiger partial charge in [-0.1, -0.05) is 80.5 Å². The quantitative estimate of drug-likeness (QED) is 0.562. The average Bonchev–Trinajstić information content (AvgIpc) is 3.04. The van der Waals surface area contributed by atoms with Crippen molar-refractivity contribution in [1.82, 2.24) is 14.9 Å². The third kappa shape index (κ3) is 3.54. The largest absolute Gasteiger partial charge is 0.213 e. The number of thioether (sulfide) groups is 1. The lowest BCUT2D eigenvalue weighted by Crippen LogP contribution is -2.21. The molecule has 0 spiro atoms. The van der Waals surface area contributed by atoms with E-state index in [1.165, 1.54) is 5.56 Å². The van der Waals surface area contributed by atoms with Crippen LogP contribution >= 0.6 is 23.4 Å². The first kappa shape index (κ1) is 18.3. The summed E-state index contributed by atoms with van der Waals surface area (Å²) in [5.41, 5.74) is 4.48. The Hall–Kier alpha value is -2.11. The van der Waals surface area contributed by atoms with Crippen LogP contribution in [0.15, 0.2) is 58.8 Å². The van der Waals surface area contributed by atoms with Crippen molar-refractivity contribution in [2.45, 2.75) is 43.5 Å². The molecule has 0 radical (unpaired) electrons. The lowest BCUT2D eigenvalue weighted by molar-refractivity contribution is 0.590. The fraction of sp³-hybridized carbons (Fsp3) is 0.286. The molecule has 0 aliphatic carbocycles. The Morgan fingerprint density at radius 1 is 0.926 bits per heavy atom. The van der Waals surface area contributed by atoms with Crippen molar-refractivity contribution in [3.63, 3.8) is 0 Å². The molecule has 6 heteroatoms. The number of benzene rings is 2. The van der Waals surface area contributed by atoms with Crippen LogP contribution in [0.1, 0.15) is 38.8 Å². The molecule has 3 aromatic rings. The van der Waals surface area contributed by atoms with E-state index in [4.69, 9.17) is 16.7 Å². The number of hydrogen-bond acceptors (Lipinski definition) is 4. The van der Waals surface area contributed by atoms with Gasteiger partial charge < -0.3 is 0 Å².